The Hall–Kier alpha value is 1.67. The fourth-order valence-corrected chi connectivity index (χ4v) is 0. The van der Waals surface area contributed by atoms with Crippen LogP contribution >= 0.6 is 17.2 Å². The molecule has 0 bridgehead atoms. The molecule has 0 radical (unpaired) electrons. The van der Waals surface area contributed by atoms with Gasteiger partial charge in [-0.1, -0.05) is 13.1 Å². The third-order valence-electron chi connectivity index (χ3n) is 0. The van der Waals surface area contributed by atoms with Crippen LogP contribution in [0.1, 0.15) is 0 Å². The van der Waals surface area contributed by atoms with Gasteiger partial charge < -0.3 is 0 Å². The second kappa shape index (κ2) is 15.9. The second-order valence-corrected chi connectivity index (χ2v) is 7.38. The fraction of sp³-hybridized carbons (Fsp3) is 1.00. The summed E-state index contributed by atoms with van der Waals surface area (Å²) in [6.07, 6.45) is 0. The van der Waals surface area contributed by atoms with E-state index in [1.165, 1.54) is 0 Å². The van der Waals surface area contributed by atoms with Crippen LogP contribution in [0.4, 0.5) is 0 Å². The van der Waals surface area contributed by atoms with E-state index in [2.05, 4.69) is 13.1 Å². The van der Waals surface area contributed by atoms with Gasteiger partial charge in [0.2, 0.25) is 0 Å². The van der Waals surface area contributed by atoms with Crippen molar-refractivity contribution in [3.8, 4) is 0 Å². The molecule has 0 aliphatic heterocycles. The Kier molecular flexibility index (Phi) is 28.2. The molecule has 0 unspecified atom stereocenters. The molecule has 0 aromatic rings. The van der Waals surface area contributed by atoms with Crippen molar-refractivity contribution >= 4 is 26.7 Å². The van der Waals surface area contributed by atoms with E-state index in [4.69, 9.17) is 17.2 Å². The molecule has 0 aromatic heterocycles. The van der Waals surface area contributed by atoms with Gasteiger partial charge in [-0.3, -0.25) is 0 Å². The van der Waals surface area contributed by atoms with Gasteiger partial charge in [0.15, 0.2) is 0 Å². The number of rotatable bonds is 0. The Balaban J connectivity index is 0. The monoisotopic (exact) mass is 310 g/mol. The van der Waals surface area contributed by atoms with Crippen LogP contribution in [-0.4, -0.2) is 9.52 Å². The summed E-state index contributed by atoms with van der Waals surface area (Å²) in [6.45, 7) is 4.53. The number of hydrogen-bond acceptors (Lipinski definition) is 0. The van der Waals surface area contributed by atoms with Crippen molar-refractivity contribution in [2.24, 2.45) is 0 Å². The van der Waals surface area contributed by atoms with Crippen LogP contribution in [-0.2, 0) is 20.5 Å². The Labute approximate surface area is 59.9 Å². The van der Waals surface area contributed by atoms with Crippen molar-refractivity contribution in [3.63, 3.8) is 0 Å². The predicted octanol–water partition coefficient (Wildman–Crippen LogP) is 1.63. The average Bonchev–Trinajstić information content (AvgIpc) is 1.39. The van der Waals surface area contributed by atoms with Gasteiger partial charge in [0.25, 0.3) is 0 Å². The topological polar surface area (TPSA) is 0 Å². The van der Waals surface area contributed by atoms with Gasteiger partial charge in [-0.15, -0.1) is 0 Å². The van der Waals surface area contributed by atoms with E-state index in [-0.39, 0.29) is 0 Å². The van der Waals surface area contributed by atoms with Crippen LogP contribution in [0.2, 0.25) is 13.1 Å². The Morgan fingerprint density at radius 3 is 1.33 bits per heavy atom. The number of hydrogen-bond donors (Lipinski definition) is 0. The average molecular weight is 310 g/mol. The minimum atomic E-state index is -0.972. The molecule has 0 amide bonds. The van der Waals surface area contributed by atoms with Gasteiger partial charge in [0.1, 0.15) is 0 Å². The maximum atomic E-state index is 4.96. The van der Waals surface area contributed by atoms with Crippen molar-refractivity contribution in [2.75, 3.05) is 0 Å². The second-order valence-electron chi connectivity index (χ2n) is 0.779. The first-order chi connectivity index (χ1) is 2.83. The normalized spacial score (nSPS) is 5.33. The van der Waals surface area contributed by atoms with Crippen LogP contribution in [0.15, 0.2) is 0 Å². The summed E-state index contributed by atoms with van der Waals surface area (Å²) in [5, 5.41) is 0. The molecule has 6 heavy (non-hydrogen) atoms. The van der Waals surface area contributed by atoms with Gasteiger partial charge in [-0.25, -0.2) is 0 Å². The summed E-state index contributed by atoms with van der Waals surface area (Å²) in [6, 6.07) is 0. The zero-order valence-corrected chi connectivity index (χ0v) is 10.5. The molecule has 4 heteroatoms. The van der Waals surface area contributed by atoms with E-state index in [0.29, 0.717) is 9.52 Å². The van der Waals surface area contributed by atoms with Crippen molar-refractivity contribution in [2.45, 2.75) is 13.1 Å². The molecule has 0 rings (SSSR count). The molecule has 0 saturated carbocycles. The molecule has 0 heterocycles. The van der Waals surface area contributed by atoms with E-state index >= 15 is 0 Å². The summed E-state index contributed by atoms with van der Waals surface area (Å²) in [5.41, 5.74) is 0. The molecule has 0 N–H and O–H groups in total. The molecule has 0 aromatic carbocycles. The minimum absolute atomic E-state index is 0.417. The molecular formula is C2H8Cl2HfSi. The summed E-state index contributed by atoms with van der Waals surface area (Å²) < 4.78 is 0. The zero-order chi connectivity index (χ0) is 5.41. The van der Waals surface area contributed by atoms with E-state index in [9.17, 15) is 0 Å². The predicted molar refractivity (Wildman–Crippen MR) is 32.0 cm³/mol. The first-order valence-corrected chi connectivity index (χ1v) is 13.5. The van der Waals surface area contributed by atoms with E-state index in [1.807, 2.05) is 0 Å². The van der Waals surface area contributed by atoms with Crippen LogP contribution in [0.3, 0.4) is 0 Å². The van der Waals surface area contributed by atoms with Gasteiger partial charge in [-0.05, 0) is 0 Å². The molecule has 0 aliphatic carbocycles. The van der Waals surface area contributed by atoms with Gasteiger partial charge in [0.05, 0.1) is 0 Å². The first kappa shape index (κ1) is 10.6. The van der Waals surface area contributed by atoms with Gasteiger partial charge in [0, 0.05) is 9.52 Å². The maximum absolute atomic E-state index is 4.96. The van der Waals surface area contributed by atoms with Crippen LogP contribution in [0.25, 0.3) is 0 Å². The molecule has 0 atom stereocenters. The van der Waals surface area contributed by atoms with Crippen molar-refractivity contribution < 1.29 is 20.5 Å². The summed E-state index contributed by atoms with van der Waals surface area (Å²) in [4.78, 5) is 0. The Bertz CT molecular complexity index is 13.5. The zero-order valence-electron chi connectivity index (χ0n) is 3.96. The molecular weight excluding hydrogens is 302 g/mol. The number of halogens is 2. The Morgan fingerprint density at radius 2 is 1.33 bits per heavy atom. The third-order valence-corrected chi connectivity index (χ3v) is 0. The summed E-state index contributed by atoms with van der Waals surface area (Å²) in [7, 11) is 10.3. The molecule has 0 fully saturated rings. The molecule has 38 valence electrons. The quantitative estimate of drug-likeness (QED) is 0.597. The van der Waals surface area contributed by atoms with E-state index in [1.54, 1.807) is 0 Å². The summed E-state index contributed by atoms with van der Waals surface area (Å²) in [5.74, 6) is 0. The van der Waals surface area contributed by atoms with Gasteiger partial charge >= 0.3 is 37.7 Å². The summed E-state index contributed by atoms with van der Waals surface area (Å²) >= 11 is -0.972. The molecule has 0 spiro atoms. The standard InChI is InChI=1S/C2H8Si.2ClH.Hf/c1-3-2;;;/h3H2,1-2H3;2*1H;/q;;;+2/p-2. The van der Waals surface area contributed by atoms with Gasteiger partial charge in [-0.2, -0.15) is 0 Å². The van der Waals surface area contributed by atoms with Crippen molar-refractivity contribution in [3.05, 3.63) is 0 Å². The molecule has 0 saturated heterocycles. The SMILES string of the molecule is C[SiH2]C.[Cl][Hf][Cl]. The van der Waals surface area contributed by atoms with Crippen molar-refractivity contribution in [1.82, 2.24) is 0 Å². The van der Waals surface area contributed by atoms with Crippen LogP contribution < -0.4 is 0 Å². The molecule has 0 nitrogen and oxygen atoms in total. The van der Waals surface area contributed by atoms with Crippen molar-refractivity contribution in [1.29, 1.82) is 0 Å². The fourth-order valence-electron chi connectivity index (χ4n) is 0. The Morgan fingerprint density at radius 1 is 1.33 bits per heavy atom. The van der Waals surface area contributed by atoms with E-state index in [0.717, 1.165) is 0 Å². The molecule has 0 aliphatic rings. The van der Waals surface area contributed by atoms with Crippen LogP contribution in [0.5, 0.6) is 0 Å². The third kappa shape index (κ3) is 44.4. The first-order valence-electron chi connectivity index (χ1n) is 1.79. The van der Waals surface area contributed by atoms with Crippen LogP contribution in [0, 0.1) is 0 Å². The van der Waals surface area contributed by atoms with E-state index < -0.39 is 20.5 Å².